The summed E-state index contributed by atoms with van der Waals surface area (Å²) in [5.74, 6) is 0.107. The number of amides is 1. The van der Waals surface area contributed by atoms with E-state index in [1.54, 1.807) is 12.3 Å². The van der Waals surface area contributed by atoms with E-state index in [9.17, 15) is 4.79 Å². The highest BCUT2D eigenvalue weighted by Crippen LogP contribution is 2.19. The lowest BCUT2D eigenvalue weighted by molar-refractivity contribution is 0.102. The van der Waals surface area contributed by atoms with Gasteiger partial charge >= 0.3 is 0 Å². The second-order valence-corrected chi connectivity index (χ2v) is 6.28. The minimum atomic E-state index is -0.285. The van der Waals surface area contributed by atoms with Gasteiger partial charge in [-0.25, -0.2) is 9.97 Å². The molecule has 0 aliphatic rings. The zero-order valence-corrected chi connectivity index (χ0v) is 15.2. The molecule has 0 spiro atoms. The van der Waals surface area contributed by atoms with Crippen molar-refractivity contribution in [2.75, 3.05) is 10.6 Å². The summed E-state index contributed by atoms with van der Waals surface area (Å²) in [7, 11) is 0. The summed E-state index contributed by atoms with van der Waals surface area (Å²) in [5.41, 5.74) is 3.10. The summed E-state index contributed by atoms with van der Waals surface area (Å²) in [6.07, 6.45) is 2.46. The minimum absolute atomic E-state index is 0.285. The molecule has 1 heterocycles. The highest BCUT2D eigenvalue weighted by molar-refractivity contribution is 9.10. The largest absolute Gasteiger partial charge is 0.324 e. The maximum Gasteiger partial charge on any atom is 0.274 e. The Morgan fingerprint density at radius 3 is 2.76 bits per heavy atom. The maximum absolute atomic E-state index is 12.4. The van der Waals surface area contributed by atoms with Gasteiger partial charge < -0.3 is 10.6 Å². The number of rotatable bonds is 5. The first-order chi connectivity index (χ1) is 12.2. The Hall–Kier alpha value is -2.73. The number of aromatic nitrogens is 2. The number of nitrogens with zero attached hydrogens (tertiary/aromatic N) is 2. The van der Waals surface area contributed by atoms with Crippen LogP contribution >= 0.6 is 15.9 Å². The van der Waals surface area contributed by atoms with E-state index in [0.29, 0.717) is 17.3 Å². The fraction of sp³-hybridized carbons (Fsp3) is 0.105. The van der Waals surface area contributed by atoms with E-state index >= 15 is 0 Å². The minimum Gasteiger partial charge on any atom is -0.324 e. The molecule has 0 saturated carbocycles. The van der Waals surface area contributed by atoms with Crippen molar-refractivity contribution in [1.29, 1.82) is 0 Å². The highest BCUT2D eigenvalue weighted by Gasteiger charge is 2.10. The molecular weight excluding hydrogens is 380 g/mol. The Morgan fingerprint density at radius 2 is 1.96 bits per heavy atom. The van der Waals surface area contributed by atoms with Crippen molar-refractivity contribution in [1.82, 2.24) is 9.97 Å². The topological polar surface area (TPSA) is 66.9 Å². The first kappa shape index (κ1) is 17.1. The molecule has 0 fully saturated rings. The van der Waals surface area contributed by atoms with Gasteiger partial charge in [0.25, 0.3) is 5.91 Å². The van der Waals surface area contributed by atoms with Gasteiger partial charge in [-0.2, -0.15) is 0 Å². The zero-order valence-electron chi connectivity index (χ0n) is 13.7. The zero-order chi connectivity index (χ0) is 17.6. The third-order valence-corrected chi connectivity index (χ3v) is 4.11. The molecule has 5 nitrogen and oxygen atoms in total. The number of carbonyl (C=O) groups is 1. The number of benzene rings is 2. The van der Waals surface area contributed by atoms with Gasteiger partial charge in [0.05, 0.1) is 0 Å². The van der Waals surface area contributed by atoms with Gasteiger partial charge in [0.2, 0.25) is 5.95 Å². The summed E-state index contributed by atoms with van der Waals surface area (Å²) in [4.78, 5) is 20.9. The Morgan fingerprint density at radius 1 is 1.12 bits per heavy atom. The summed E-state index contributed by atoms with van der Waals surface area (Å²) < 4.78 is 0.895. The second kappa shape index (κ2) is 7.90. The van der Waals surface area contributed by atoms with Crippen LogP contribution in [0.15, 0.2) is 65.3 Å². The number of hydrogen-bond donors (Lipinski definition) is 2. The summed E-state index contributed by atoms with van der Waals surface area (Å²) >= 11 is 3.38. The van der Waals surface area contributed by atoms with Gasteiger partial charge in [-0.05, 0) is 42.3 Å². The molecule has 0 bridgehead atoms. The molecule has 126 valence electrons. The van der Waals surface area contributed by atoms with Crippen molar-refractivity contribution in [3.63, 3.8) is 0 Å². The number of anilines is 3. The summed E-state index contributed by atoms with van der Waals surface area (Å²) in [6, 6.07) is 16.9. The smallest absolute Gasteiger partial charge is 0.274 e. The molecule has 2 N–H and O–H groups in total. The van der Waals surface area contributed by atoms with E-state index in [4.69, 9.17) is 0 Å². The standard InChI is InChI=1S/C19H17BrN4O/c1-2-13-6-3-4-9-16(13)23-19-21-11-10-17(24-19)18(25)22-15-8-5-7-14(20)12-15/h3-12H,2H2,1H3,(H,22,25)(H,21,23,24). The number of hydrogen-bond acceptors (Lipinski definition) is 4. The molecule has 3 aromatic rings. The molecule has 0 aliphatic carbocycles. The summed E-state index contributed by atoms with van der Waals surface area (Å²) in [6.45, 7) is 2.09. The van der Waals surface area contributed by atoms with Crippen LogP contribution in [0, 0.1) is 0 Å². The van der Waals surface area contributed by atoms with E-state index in [1.165, 1.54) is 0 Å². The molecule has 6 heteroatoms. The van der Waals surface area contributed by atoms with E-state index < -0.39 is 0 Å². The van der Waals surface area contributed by atoms with Crippen LogP contribution in [-0.2, 0) is 6.42 Å². The molecule has 25 heavy (non-hydrogen) atoms. The Labute approximate surface area is 154 Å². The Kier molecular flexibility index (Phi) is 5.40. The monoisotopic (exact) mass is 396 g/mol. The first-order valence-electron chi connectivity index (χ1n) is 7.90. The maximum atomic E-state index is 12.4. The number of carbonyl (C=O) groups excluding carboxylic acids is 1. The number of para-hydroxylation sites is 1. The molecule has 0 radical (unpaired) electrons. The molecule has 1 amide bonds. The fourth-order valence-corrected chi connectivity index (χ4v) is 2.78. The van der Waals surface area contributed by atoms with Gasteiger partial charge in [0.1, 0.15) is 5.69 Å². The Bertz CT molecular complexity index is 898. The lowest BCUT2D eigenvalue weighted by Gasteiger charge is -2.10. The number of nitrogens with one attached hydrogen (secondary N) is 2. The average molecular weight is 397 g/mol. The predicted molar refractivity (Wildman–Crippen MR) is 103 cm³/mol. The van der Waals surface area contributed by atoms with Crippen molar-refractivity contribution in [3.8, 4) is 0 Å². The first-order valence-corrected chi connectivity index (χ1v) is 8.70. The van der Waals surface area contributed by atoms with E-state index in [1.807, 2.05) is 48.5 Å². The number of aryl methyl sites for hydroxylation is 1. The lowest BCUT2D eigenvalue weighted by atomic mass is 10.1. The highest BCUT2D eigenvalue weighted by atomic mass is 79.9. The van der Waals surface area contributed by atoms with Crippen LogP contribution in [0.1, 0.15) is 23.0 Å². The van der Waals surface area contributed by atoms with E-state index in [2.05, 4.69) is 43.5 Å². The van der Waals surface area contributed by atoms with Crippen molar-refractivity contribution in [2.24, 2.45) is 0 Å². The number of halogens is 1. The van der Waals surface area contributed by atoms with E-state index in [-0.39, 0.29) is 5.91 Å². The van der Waals surface area contributed by atoms with Gasteiger partial charge in [-0.3, -0.25) is 4.79 Å². The molecule has 2 aromatic carbocycles. The van der Waals surface area contributed by atoms with Gasteiger partial charge in [-0.15, -0.1) is 0 Å². The van der Waals surface area contributed by atoms with Crippen molar-refractivity contribution >= 4 is 39.2 Å². The molecule has 1 aromatic heterocycles. The molecular formula is C19H17BrN4O. The van der Waals surface area contributed by atoms with Crippen molar-refractivity contribution < 1.29 is 4.79 Å². The van der Waals surface area contributed by atoms with E-state index in [0.717, 1.165) is 22.1 Å². The van der Waals surface area contributed by atoms with Crippen LogP contribution in [-0.4, -0.2) is 15.9 Å². The molecule has 0 atom stereocenters. The van der Waals surface area contributed by atoms with Crippen molar-refractivity contribution in [3.05, 3.63) is 76.5 Å². The predicted octanol–water partition coefficient (Wildman–Crippen LogP) is 4.80. The van der Waals surface area contributed by atoms with Crippen LogP contribution < -0.4 is 10.6 Å². The van der Waals surface area contributed by atoms with Crippen LogP contribution in [0.4, 0.5) is 17.3 Å². The Balaban J connectivity index is 1.78. The van der Waals surface area contributed by atoms with Crippen molar-refractivity contribution in [2.45, 2.75) is 13.3 Å². The molecule has 0 saturated heterocycles. The van der Waals surface area contributed by atoms with Crippen LogP contribution in [0.3, 0.4) is 0 Å². The molecule has 3 rings (SSSR count). The van der Waals surface area contributed by atoms with Crippen LogP contribution in [0.5, 0.6) is 0 Å². The van der Waals surface area contributed by atoms with Gasteiger partial charge in [0.15, 0.2) is 0 Å². The SMILES string of the molecule is CCc1ccccc1Nc1nccc(C(=O)Nc2cccc(Br)c2)n1. The quantitative estimate of drug-likeness (QED) is 0.649. The van der Waals surface area contributed by atoms with Crippen LogP contribution in [0.25, 0.3) is 0 Å². The third kappa shape index (κ3) is 4.42. The normalized spacial score (nSPS) is 10.3. The lowest BCUT2D eigenvalue weighted by Crippen LogP contribution is -2.14. The average Bonchev–Trinajstić information content (AvgIpc) is 2.62. The fourth-order valence-electron chi connectivity index (χ4n) is 2.38. The van der Waals surface area contributed by atoms with Gasteiger partial charge in [0, 0.05) is 22.0 Å². The summed E-state index contributed by atoms with van der Waals surface area (Å²) in [5, 5.41) is 6.01. The van der Waals surface area contributed by atoms with Gasteiger partial charge in [-0.1, -0.05) is 47.1 Å². The second-order valence-electron chi connectivity index (χ2n) is 5.37. The van der Waals surface area contributed by atoms with Crippen LogP contribution in [0.2, 0.25) is 0 Å². The third-order valence-electron chi connectivity index (χ3n) is 3.62. The molecule has 0 unspecified atom stereocenters. The molecule has 0 aliphatic heterocycles.